The number of hydrogen-bond acceptors (Lipinski definition) is 5. The van der Waals surface area contributed by atoms with Gasteiger partial charge < -0.3 is 11.5 Å². The van der Waals surface area contributed by atoms with E-state index in [0.29, 0.717) is 6.42 Å². The van der Waals surface area contributed by atoms with Crippen LogP contribution in [-0.2, 0) is 0 Å². The fraction of sp³-hybridized carbons (Fsp3) is 0.429. The van der Waals surface area contributed by atoms with Gasteiger partial charge in [-0.25, -0.2) is 0 Å². The Kier molecular flexibility index (Phi) is 5.65. The molecule has 0 spiro atoms. The number of hydrogen-bond donors (Lipinski definition) is 5. The van der Waals surface area contributed by atoms with Crippen molar-refractivity contribution in [2.45, 2.75) is 36.6 Å². The largest absolute Gasteiger partial charge is 0.327 e. The molecule has 3 unspecified atom stereocenters. The molecule has 3 atom stereocenters. The Morgan fingerprint density at radius 1 is 1.11 bits per heavy atom. The van der Waals surface area contributed by atoms with Gasteiger partial charge in [-0.15, -0.1) is 6.58 Å². The zero-order chi connectivity index (χ0) is 14.5. The fourth-order valence-electron chi connectivity index (χ4n) is 2.10. The van der Waals surface area contributed by atoms with Gasteiger partial charge in [0.1, 0.15) is 5.79 Å². The van der Waals surface area contributed by atoms with Crippen LogP contribution in [0.3, 0.4) is 0 Å². The molecule has 0 radical (unpaired) electrons. The van der Waals surface area contributed by atoms with Gasteiger partial charge in [0.05, 0.1) is 6.04 Å². The van der Waals surface area contributed by atoms with E-state index in [4.69, 9.17) is 28.7 Å². The minimum absolute atomic E-state index is 0.132. The Labute approximate surface area is 114 Å². The van der Waals surface area contributed by atoms with Gasteiger partial charge in [0, 0.05) is 12.0 Å². The van der Waals surface area contributed by atoms with Gasteiger partial charge in [-0.1, -0.05) is 36.4 Å². The highest BCUT2D eigenvalue weighted by Gasteiger charge is 2.28. The van der Waals surface area contributed by atoms with Crippen molar-refractivity contribution in [2.75, 3.05) is 0 Å². The number of nitrogens with two attached hydrogens (primary N) is 5. The summed E-state index contributed by atoms with van der Waals surface area (Å²) < 4.78 is 0. The van der Waals surface area contributed by atoms with Crippen LogP contribution in [-0.4, -0.2) is 17.9 Å². The molecule has 0 aromatic heterocycles. The Bertz CT molecular complexity index is 385. The summed E-state index contributed by atoms with van der Waals surface area (Å²) >= 11 is 0. The molecule has 19 heavy (non-hydrogen) atoms. The smallest absolute Gasteiger partial charge is 0.131 e. The summed E-state index contributed by atoms with van der Waals surface area (Å²) in [4.78, 5) is 0. The SMILES string of the molecule is C=CCC(c1ccccc1)C(N)CC(N)C(N)(N)N. The van der Waals surface area contributed by atoms with E-state index >= 15 is 0 Å². The molecule has 1 aromatic rings. The van der Waals surface area contributed by atoms with E-state index in [1.54, 1.807) is 0 Å². The molecule has 0 fully saturated rings. The zero-order valence-corrected chi connectivity index (χ0v) is 11.2. The monoisotopic (exact) mass is 263 g/mol. The van der Waals surface area contributed by atoms with Crippen LogP contribution >= 0.6 is 0 Å². The molecule has 0 bridgehead atoms. The van der Waals surface area contributed by atoms with E-state index in [-0.39, 0.29) is 12.0 Å². The van der Waals surface area contributed by atoms with Gasteiger partial charge in [0.25, 0.3) is 0 Å². The molecule has 0 amide bonds. The molecule has 0 heterocycles. The second-order valence-electron chi connectivity index (χ2n) is 5.05. The van der Waals surface area contributed by atoms with Crippen LogP contribution in [0.15, 0.2) is 43.0 Å². The predicted octanol–water partition coefficient (Wildman–Crippen LogP) is -0.0791. The summed E-state index contributed by atoms with van der Waals surface area (Å²) in [5.41, 5.74) is 30.1. The maximum absolute atomic E-state index is 6.24. The van der Waals surface area contributed by atoms with Crippen molar-refractivity contribution in [3.63, 3.8) is 0 Å². The first-order chi connectivity index (χ1) is 8.86. The Morgan fingerprint density at radius 2 is 1.68 bits per heavy atom. The number of allylic oxidation sites excluding steroid dienone is 1. The lowest BCUT2D eigenvalue weighted by Crippen LogP contribution is -2.69. The highest BCUT2D eigenvalue weighted by atomic mass is 15.2. The minimum Gasteiger partial charge on any atom is -0.327 e. The molecule has 0 aliphatic rings. The lowest BCUT2D eigenvalue weighted by molar-refractivity contribution is 0.318. The lowest BCUT2D eigenvalue weighted by atomic mass is 9.85. The molecular formula is C14H25N5. The van der Waals surface area contributed by atoms with Crippen LogP contribution in [0.1, 0.15) is 24.3 Å². The van der Waals surface area contributed by atoms with Gasteiger partial charge >= 0.3 is 0 Å². The summed E-state index contributed by atoms with van der Waals surface area (Å²) in [6.07, 6.45) is 3.07. The van der Waals surface area contributed by atoms with Crippen molar-refractivity contribution in [1.29, 1.82) is 0 Å². The van der Waals surface area contributed by atoms with Gasteiger partial charge in [-0.2, -0.15) is 0 Å². The molecule has 0 saturated heterocycles. The third-order valence-electron chi connectivity index (χ3n) is 3.33. The fourth-order valence-corrected chi connectivity index (χ4v) is 2.10. The molecule has 106 valence electrons. The molecule has 0 aliphatic heterocycles. The van der Waals surface area contributed by atoms with Crippen molar-refractivity contribution in [3.8, 4) is 0 Å². The molecule has 5 nitrogen and oxygen atoms in total. The molecule has 0 aliphatic carbocycles. The zero-order valence-electron chi connectivity index (χ0n) is 11.2. The first kappa shape index (κ1) is 15.8. The van der Waals surface area contributed by atoms with Crippen molar-refractivity contribution < 1.29 is 0 Å². The summed E-state index contributed by atoms with van der Waals surface area (Å²) in [7, 11) is 0. The molecule has 5 heteroatoms. The van der Waals surface area contributed by atoms with Crippen LogP contribution in [0.2, 0.25) is 0 Å². The van der Waals surface area contributed by atoms with Crippen molar-refractivity contribution in [3.05, 3.63) is 48.6 Å². The first-order valence-electron chi connectivity index (χ1n) is 6.40. The topological polar surface area (TPSA) is 130 Å². The van der Waals surface area contributed by atoms with E-state index in [9.17, 15) is 0 Å². The normalized spacial score (nSPS) is 16.7. The minimum atomic E-state index is -1.41. The van der Waals surface area contributed by atoms with E-state index < -0.39 is 11.8 Å². The first-order valence-corrected chi connectivity index (χ1v) is 6.40. The molecule has 1 rings (SSSR count). The summed E-state index contributed by atoms with van der Waals surface area (Å²) in [5.74, 6) is -1.28. The van der Waals surface area contributed by atoms with Gasteiger partial charge in [0.15, 0.2) is 0 Å². The Balaban J connectivity index is 2.80. The Hall–Kier alpha value is -1.24. The number of rotatable bonds is 7. The summed E-state index contributed by atoms with van der Waals surface area (Å²) in [6.45, 7) is 3.78. The maximum atomic E-state index is 6.24. The maximum Gasteiger partial charge on any atom is 0.131 e. The highest BCUT2D eigenvalue weighted by Crippen LogP contribution is 2.25. The molecule has 1 aromatic carbocycles. The van der Waals surface area contributed by atoms with Crippen LogP contribution < -0.4 is 28.7 Å². The standard InChI is InChI=1S/C14H25N5/c1-2-6-11(10-7-4-3-5-8-10)12(15)9-13(16)14(17,18)19/h2-5,7-8,11-13H,1,6,9,15-19H2. The van der Waals surface area contributed by atoms with Crippen molar-refractivity contribution in [1.82, 2.24) is 0 Å². The lowest BCUT2D eigenvalue weighted by Gasteiger charge is -2.31. The summed E-state index contributed by atoms with van der Waals surface area (Å²) in [6, 6.07) is 9.29. The number of benzene rings is 1. The average molecular weight is 263 g/mol. The van der Waals surface area contributed by atoms with E-state index in [2.05, 4.69) is 6.58 Å². The second kappa shape index (κ2) is 6.79. The molecular weight excluding hydrogens is 238 g/mol. The van der Waals surface area contributed by atoms with Gasteiger partial charge in [0.2, 0.25) is 0 Å². The van der Waals surface area contributed by atoms with Crippen LogP contribution in [0.5, 0.6) is 0 Å². The average Bonchev–Trinajstić information content (AvgIpc) is 2.35. The van der Waals surface area contributed by atoms with Crippen LogP contribution in [0.25, 0.3) is 0 Å². The third-order valence-corrected chi connectivity index (χ3v) is 3.33. The van der Waals surface area contributed by atoms with E-state index in [0.717, 1.165) is 12.0 Å². The van der Waals surface area contributed by atoms with Gasteiger partial charge in [-0.05, 0) is 18.4 Å². The van der Waals surface area contributed by atoms with Crippen molar-refractivity contribution >= 4 is 0 Å². The van der Waals surface area contributed by atoms with E-state index in [1.807, 2.05) is 36.4 Å². The van der Waals surface area contributed by atoms with Crippen LogP contribution in [0.4, 0.5) is 0 Å². The highest BCUT2D eigenvalue weighted by molar-refractivity contribution is 5.22. The quantitative estimate of drug-likeness (QED) is 0.347. The van der Waals surface area contributed by atoms with Crippen molar-refractivity contribution in [2.24, 2.45) is 28.7 Å². The second-order valence-corrected chi connectivity index (χ2v) is 5.05. The van der Waals surface area contributed by atoms with E-state index in [1.165, 1.54) is 0 Å². The molecule has 10 N–H and O–H groups in total. The van der Waals surface area contributed by atoms with Gasteiger partial charge in [-0.3, -0.25) is 17.2 Å². The predicted molar refractivity (Wildman–Crippen MR) is 79.9 cm³/mol. The van der Waals surface area contributed by atoms with Crippen LogP contribution in [0, 0.1) is 0 Å². The summed E-state index contributed by atoms with van der Waals surface area (Å²) in [5, 5.41) is 0. The Morgan fingerprint density at radius 3 is 2.16 bits per heavy atom. The molecule has 0 saturated carbocycles. The third kappa shape index (κ3) is 4.74.